The summed E-state index contributed by atoms with van der Waals surface area (Å²) >= 11 is 0. The van der Waals surface area contributed by atoms with Crippen LogP contribution in [-0.2, 0) is 14.8 Å². The van der Waals surface area contributed by atoms with Crippen molar-refractivity contribution >= 4 is 33.1 Å². The number of fused-ring (bicyclic) bond motifs is 1. The Bertz CT molecular complexity index is 1360. The van der Waals surface area contributed by atoms with Gasteiger partial charge in [0.05, 0.1) is 10.9 Å². The van der Waals surface area contributed by atoms with Gasteiger partial charge in [0.2, 0.25) is 10.0 Å². The van der Waals surface area contributed by atoms with Crippen molar-refractivity contribution in [2.45, 2.75) is 43.7 Å². The van der Waals surface area contributed by atoms with Crippen LogP contribution in [0.1, 0.15) is 38.3 Å². The molecule has 4 rings (SSSR count). The molecule has 0 spiro atoms. The van der Waals surface area contributed by atoms with E-state index in [1.165, 1.54) is 19.1 Å². The van der Waals surface area contributed by atoms with Gasteiger partial charge in [-0.1, -0.05) is 55.8 Å². The minimum atomic E-state index is -3.50. The molecule has 3 aromatic carbocycles. The number of hydrogen-bond acceptors (Lipinski definition) is 7. The van der Waals surface area contributed by atoms with Crippen LogP contribution in [0.3, 0.4) is 0 Å². The zero-order valence-corrected chi connectivity index (χ0v) is 20.8. The van der Waals surface area contributed by atoms with Gasteiger partial charge in [0.1, 0.15) is 11.3 Å². The van der Waals surface area contributed by atoms with Gasteiger partial charge in [0, 0.05) is 0 Å². The summed E-state index contributed by atoms with van der Waals surface area (Å²) < 4.78 is 32.5. The Morgan fingerprint density at radius 2 is 1.78 bits per heavy atom. The highest BCUT2D eigenvalue weighted by atomic mass is 32.2. The van der Waals surface area contributed by atoms with Crippen LogP contribution in [0.25, 0.3) is 11.1 Å². The number of nitrogens with zero attached hydrogens (tertiary/aromatic N) is 1. The maximum atomic E-state index is 11.0. The number of oxazole rings is 1. The van der Waals surface area contributed by atoms with Crippen LogP contribution in [0.2, 0.25) is 0 Å². The summed E-state index contributed by atoms with van der Waals surface area (Å²) in [4.78, 5) is 15.6. The molecule has 2 atom stereocenters. The molecule has 4 aromatic rings. The van der Waals surface area contributed by atoms with E-state index in [2.05, 4.69) is 17.2 Å². The van der Waals surface area contributed by atoms with Crippen LogP contribution < -0.4 is 15.2 Å². The summed E-state index contributed by atoms with van der Waals surface area (Å²) in [6, 6.07) is 23.4. The number of aliphatic carboxylic acids is 1. The number of carbonyl (C=O) groups is 1. The normalized spacial score (nSPS) is 12.8. The molecule has 0 bridgehead atoms. The molecule has 0 amide bonds. The maximum Gasteiger partial charge on any atom is 0.344 e. The van der Waals surface area contributed by atoms with Crippen LogP contribution in [-0.4, -0.2) is 30.6 Å². The Morgan fingerprint density at radius 3 is 2.39 bits per heavy atom. The number of nitrogens with one attached hydrogen (secondary N) is 1. The van der Waals surface area contributed by atoms with E-state index in [-0.39, 0.29) is 10.9 Å². The van der Waals surface area contributed by atoms with E-state index in [4.69, 9.17) is 19.4 Å². The first-order chi connectivity index (χ1) is 17.2. The highest BCUT2D eigenvalue weighted by Gasteiger charge is 2.17. The van der Waals surface area contributed by atoms with Gasteiger partial charge in [-0.05, 0) is 55.3 Å². The lowest BCUT2D eigenvalue weighted by Gasteiger charge is -2.19. The SMILES string of the molecule is CCCC(Nc1nc2ccccc2o1)c1cccc(OC(C)C(=O)O)c1.NS(=O)(=O)c1ccccc1. The fourth-order valence-corrected chi connectivity index (χ4v) is 3.90. The highest BCUT2D eigenvalue weighted by Crippen LogP contribution is 2.28. The number of rotatable bonds is 9. The van der Waals surface area contributed by atoms with E-state index in [0.717, 1.165) is 29.5 Å². The number of hydrogen-bond donors (Lipinski definition) is 3. The summed E-state index contributed by atoms with van der Waals surface area (Å²) in [7, 11) is -3.50. The molecular formula is C26H29N3O6S. The summed E-state index contributed by atoms with van der Waals surface area (Å²) in [6.45, 7) is 3.61. The number of sulfonamides is 1. The van der Waals surface area contributed by atoms with Crippen molar-refractivity contribution in [2.24, 2.45) is 5.14 Å². The van der Waals surface area contributed by atoms with Crippen molar-refractivity contribution in [1.29, 1.82) is 0 Å². The lowest BCUT2D eigenvalue weighted by molar-refractivity contribution is -0.144. The third kappa shape index (κ3) is 7.56. The van der Waals surface area contributed by atoms with Crippen LogP contribution in [0.15, 0.2) is 88.2 Å². The first kappa shape index (κ1) is 26.7. The lowest BCUT2D eigenvalue weighted by atomic mass is 10.0. The predicted molar refractivity (Wildman–Crippen MR) is 137 cm³/mol. The molecule has 36 heavy (non-hydrogen) atoms. The van der Waals surface area contributed by atoms with E-state index >= 15 is 0 Å². The molecule has 0 fully saturated rings. The Balaban J connectivity index is 0.000000303. The van der Waals surface area contributed by atoms with Gasteiger partial charge in [0.25, 0.3) is 6.01 Å². The maximum absolute atomic E-state index is 11.0. The molecule has 0 aliphatic carbocycles. The van der Waals surface area contributed by atoms with Crippen molar-refractivity contribution in [3.63, 3.8) is 0 Å². The molecule has 0 saturated carbocycles. The average Bonchev–Trinajstić information content (AvgIpc) is 3.27. The number of nitrogens with two attached hydrogens (primary N) is 1. The number of anilines is 1. The van der Waals surface area contributed by atoms with E-state index in [0.29, 0.717) is 11.8 Å². The molecule has 0 saturated heterocycles. The van der Waals surface area contributed by atoms with Crippen molar-refractivity contribution < 1.29 is 27.5 Å². The van der Waals surface area contributed by atoms with Gasteiger partial charge in [0.15, 0.2) is 11.7 Å². The van der Waals surface area contributed by atoms with Crippen molar-refractivity contribution in [3.8, 4) is 5.75 Å². The van der Waals surface area contributed by atoms with Crippen LogP contribution in [0.5, 0.6) is 5.75 Å². The van der Waals surface area contributed by atoms with E-state index < -0.39 is 22.1 Å². The van der Waals surface area contributed by atoms with Crippen LogP contribution in [0, 0.1) is 0 Å². The third-order valence-corrected chi connectivity index (χ3v) is 6.09. The Labute approximate surface area is 210 Å². The van der Waals surface area contributed by atoms with Gasteiger partial charge >= 0.3 is 5.97 Å². The number of carboxylic acid groups (broad SMARTS) is 1. The first-order valence-electron chi connectivity index (χ1n) is 11.4. The fourth-order valence-electron chi connectivity index (χ4n) is 3.36. The van der Waals surface area contributed by atoms with Gasteiger partial charge in [-0.15, -0.1) is 0 Å². The Hall–Kier alpha value is -3.89. The van der Waals surface area contributed by atoms with Crippen molar-refractivity contribution in [1.82, 2.24) is 4.98 Å². The molecule has 1 heterocycles. The van der Waals surface area contributed by atoms with Gasteiger partial charge in [-0.25, -0.2) is 18.4 Å². The summed E-state index contributed by atoms with van der Waals surface area (Å²) in [5.41, 5.74) is 2.53. The molecule has 0 aliphatic rings. The number of primary sulfonamides is 1. The number of benzene rings is 3. The molecule has 0 radical (unpaired) electrons. The van der Waals surface area contributed by atoms with E-state index in [1.54, 1.807) is 24.3 Å². The van der Waals surface area contributed by atoms with E-state index in [1.807, 2.05) is 42.5 Å². The number of ether oxygens (including phenoxy) is 1. The second-order valence-electron chi connectivity index (χ2n) is 8.00. The molecule has 10 heteroatoms. The highest BCUT2D eigenvalue weighted by molar-refractivity contribution is 7.89. The monoisotopic (exact) mass is 511 g/mol. The molecule has 9 nitrogen and oxygen atoms in total. The number of carboxylic acids is 1. The van der Waals surface area contributed by atoms with Gasteiger partial charge < -0.3 is 19.6 Å². The van der Waals surface area contributed by atoms with Crippen molar-refractivity contribution in [3.05, 3.63) is 84.4 Å². The minimum absolute atomic E-state index is 0.0169. The molecule has 2 unspecified atom stereocenters. The van der Waals surface area contributed by atoms with Crippen LogP contribution in [0.4, 0.5) is 6.01 Å². The zero-order valence-electron chi connectivity index (χ0n) is 20.0. The Morgan fingerprint density at radius 1 is 1.08 bits per heavy atom. The zero-order chi connectivity index (χ0) is 26.1. The smallest absolute Gasteiger partial charge is 0.344 e. The standard InChI is InChI=1S/C20H22N2O4.C6H7NO2S/c1-3-7-16(21-20-22-17-10-4-5-11-18(17)26-20)14-8-6-9-15(12-14)25-13(2)19(23)24;7-10(8,9)6-4-2-1-3-5-6/h4-6,8-13,16H,3,7H2,1-2H3,(H,21,22)(H,23,24);1-5H,(H2,7,8,9). The van der Waals surface area contributed by atoms with E-state index in [9.17, 15) is 13.2 Å². The van der Waals surface area contributed by atoms with Crippen molar-refractivity contribution in [2.75, 3.05) is 5.32 Å². The van der Waals surface area contributed by atoms with Crippen LogP contribution >= 0.6 is 0 Å². The first-order valence-corrected chi connectivity index (χ1v) is 12.9. The quantitative estimate of drug-likeness (QED) is 0.286. The summed E-state index contributed by atoms with van der Waals surface area (Å²) in [5, 5.41) is 17.2. The Kier molecular flexibility index (Phi) is 9.04. The number of aromatic nitrogens is 1. The minimum Gasteiger partial charge on any atom is -0.479 e. The lowest BCUT2D eigenvalue weighted by Crippen LogP contribution is -2.23. The molecular weight excluding hydrogens is 482 g/mol. The molecule has 190 valence electrons. The molecule has 4 N–H and O–H groups in total. The molecule has 0 aliphatic heterocycles. The average molecular weight is 512 g/mol. The summed E-state index contributed by atoms with van der Waals surface area (Å²) in [6.07, 6.45) is 0.936. The second-order valence-corrected chi connectivity index (χ2v) is 9.56. The van der Waals surface area contributed by atoms with Gasteiger partial charge in [-0.2, -0.15) is 4.98 Å². The third-order valence-electron chi connectivity index (χ3n) is 5.16. The predicted octanol–water partition coefficient (Wildman–Crippen LogP) is 4.97. The van der Waals surface area contributed by atoms with Gasteiger partial charge in [-0.3, -0.25) is 0 Å². The largest absolute Gasteiger partial charge is 0.479 e. The number of para-hydroxylation sites is 2. The second kappa shape index (κ2) is 12.2. The topological polar surface area (TPSA) is 145 Å². The molecule has 1 aromatic heterocycles. The fraction of sp³-hybridized carbons (Fsp3) is 0.231. The summed E-state index contributed by atoms with van der Waals surface area (Å²) in [5.74, 6) is -0.469.